The third-order valence-electron chi connectivity index (χ3n) is 7.62. The van der Waals surface area contributed by atoms with Crippen molar-refractivity contribution in [1.82, 2.24) is 0 Å². The molecule has 0 saturated carbocycles. The molecule has 1 N–H and O–H groups in total. The lowest BCUT2D eigenvalue weighted by Gasteiger charge is -2.42. The summed E-state index contributed by atoms with van der Waals surface area (Å²) in [5.41, 5.74) is 5.44. The number of para-hydroxylation sites is 1. The number of benzene rings is 2. The molecule has 1 radical (unpaired) electrons. The van der Waals surface area contributed by atoms with Crippen LogP contribution in [0.25, 0.3) is 27.5 Å². The SMILES string of the molecule is CC1([B]OC(C)(C)C(C)(C)O)CC=C(c2cccc3oc4ccccc4c23)C2=C1C=CCC2. The quantitative estimate of drug-likeness (QED) is 0.422. The molecule has 3 aromatic rings. The molecule has 0 spiro atoms. The standard InChI is InChI=1S/C29H32BO3/c1-27(2,31)28(3,4)33-30-29(5)18-17-19(20-11-6-8-14-23(20)29)21-13-10-16-25-26(21)22-12-7-9-15-24(22)32-25/h7-10,12-17,31H,6,11,18H2,1-5H3. The highest BCUT2D eigenvalue weighted by Crippen LogP contribution is 2.52. The molecule has 0 amide bonds. The van der Waals surface area contributed by atoms with Crippen LogP contribution in [0, 0.1) is 0 Å². The fraction of sp³-hybridized carbons (Fsp3) is 0.379. The van der Waals surface area contributed by atoms with Gasteiger partial charge in [0.1, 0.15) is 11.2 Å². The number of fused-ring (bicyclic) bond motifs is 3. The van der Waals surface area contributed by atoms with Crippen LogP contribution < -0.4 is 0 Å². The molecule has 3 nitrogen and oxygen atoms in total. The van der Waals surface area contributed by atoms with E-state index in [0.29, 0.717) is 0 Å². The van der Waals surface area contributed by atoms with Crippen molar-refractivity contribution >= 4 is 35.0 Å². The summed E-state index contributed by atoms with van der Waals surface area (Å²) in [5, 5.41) is 12.6. The van der Waals surface area contributed by atoms with E-state index in [0.717, 1.165) is 35.8 Å². The van der Waals surface area contributed by atoms with Crippen LogP contribution in [0.3, 0.4) is 0 Å². The smallest absolute Gasteiger partial charge is 0.304 e. The molecule has 0 saturated heterocycles. The van der Waals surface area contributed by atoms with Gasteiger partial charge in [0.15, 0.2) is 0 Å². The highest BCUT2D eigenvalue weighted by atomic mass is 16.5. The minimum atomic E-state index is -0.951. The van der Waals surface area contributed by atoms with Crippen molar-refractivity contribution in [3.8, 4) is 0 Å². The topological polar surface area (TPSA) is 42.6 Å². The largest absolute Gasteiger partial charge is 0.456 e. The first kappa shape index (κ1) is 22.2. The van der Waals surface area contributed by atoms with E-state index in [1.54, 1.807) is 13.8 Å². The van der Waals surface area contributed by atoms with E-state index in [9.17, 15) is 5.11 Å². The normalized spacial score (nSPS) is 21.5. The Labute approximate surface area is 197 Å². The number of rotatable bonds is 5. The number of hydrogen-bond acceptors (Lipinski definition) is 3. The van der Waals surface area contributed by atoms with E-state index in [1.165, 1.54) is 27.7 Å². The first-order valence-electron chi connectivity index (χ1n) is 11.9. The minimum absolute atomic E-state index is 0.259. The maximum atomic E-state index is 10.6. The van der Waals surface area contributed by atoms with Crippen LogP contribution in [-0.4, -0.2) is 23.8 Å². The molecular formula is C29H32BO3. The zero-order valence-corrected chi connectivity index (χ0v) is 20.2. The summed E-state index contributed by atoms with van der Waals surface area (Å²) in [7, 11) is 1.96. The summed E-state index contributed by atoms with van der Waals surface area (Å²) in [6, 6.07) is 14.7. The van der Waals surface area contributed by atoms with Crippen LogP contribution in [0.4, 0.5) is 0 Å². The van der Waals surface area contributed by atoms with Gasteiger partial charge in [0.05, 0.1) is 11.2 Å². The van der Waals surface area contributed by atoms with Gasteiger partial charge in [-0.3, -0.25) is 0 Å². The Balaban J connectivity index is 1.58. The fourth-order valence-corrected chi connectivity index (χ4v) is 4.83. The average Bonchev–Trinajstić information content (AvgIpc) is 3.17. The zero-order chi connectivity index (χ0) is 23.4. The highest BCUT2D eigenvalue weighted by Gasteiger charge is 2.42. The first-order chi connectivity index (χ1) is 15.6. The van der Waals surface area contributed by atoms with E-state index in [-0.39, 0.29) is 5.31 Å². The van der Waals surface area contributed by atoms with Crippen molar-refractivity contribution in [1.29, 1.82) is 0 Å². The Bertz CT molecular complexity index is 1320. The van der Waals surface area contributed by atoms with Gasteiger partial charge in [0.25, 0.3) is 0 Å². The Kier molecular flexibility index (Phi) is 5.22. The van der Waals surface area contributed by atoms with Crippen molar-refractivity contribution in [2.24, 2.45) is 0 Å². The van der Waals surface area contributed by atoms with E-state index < -0.39 is 11.2 Å². The number of aliphatic hydroxyl groups is 1. The Hall–Kier alpha value is -2.56. The summed E-state index contributed by atoms with van der Waals surface area (Å²) in [6.45, 7) is 9.70. The predicted octanol–water partition coefficient (Wildman–Crippen LogP) is 7.38. The van der Waals surface area contributed by atoms with Gasteiger partial charge >= 0.3 is 7.48 Å². The predicted molar refractivity (Wildman–Crippen MR) is 137 cm³/mol. The second kappa shape index (κ2) is 7.75. The molecule has 1 heterocycles. The molecule has 0 fully saturated rings. The van der Waals surface area contributed by atoms with Crippen LogP contribution in [0.15, 0.2) is 76.3 Å². The lowest BCUT2D eigenvalue weighted by Crippen LogP contribution is -2.49. The molecule has 1 aromatic heterocycles. The number of furan rings is 1. The van der Waals surface area contributed by atoms with E-state index in [1.807, 2.05) is 33.5 Å². The van der Waals surface area contributed by atoms with Gasteiger partial charge in [0, 0.05) is 10.8 Å². The Morgan fingerprint density at radius 3 is 2.58 bits per heavy atom. The molecule has 2 aromatic carbocycles. The summed E-state index contributed by atoms with van der Waals surface area (Å²) < 4.78 is 12.4. The monoisotopic (exact) mass is 439 g/mol. The summed E-state index contributed by atoms with van der Waals surface area (Å²) in [4.78, 5) is 0. The third kappa shape index (κ3) is 3.70. The molecule has 0 bridgehead atoms. The summed E-state index contributed by atoms with van der Waals surface area (Å²) >= 11 is 0. The van der Waals surface area contributed by atoms with Crippen LogP contribution in [0.2, 0.25) is 5.31 Å². The molecule has 0 aliphatic heterocycles. The molecule has 2 aliphatic rings. The van der Waals surface area contributed by atoms with Gasteiger partial charge in [-0.15, -0.1) is 0 Å². The van der Waals surface area contributed by atoms with Crippen LogP contribution in [0.5, 0.6) is 0 Å². The van der Waals surface area contributed by atoms with Crippen molar-refractivity contribution < 1.29 is 14.2 Å². The van der Waals surface area contributed by atoms with Gasteiger partial charge in [-0.25, -0.2) is 0 Å². The maximum Gasteiger partial charge on any atom is 0.304 e. The lowest BCUT2D eigenvalue weighted by atomic mass is 9.53. The molecule has 5 rings (SSSR count). The van der Waals surface area contributed by atoms with Crippen molar-refractivity contribution in [2.45, 2.75) is 70.4 Å². The average molecular weight is 439 g/mol. The lowest BCUT2D eigenvalue weighted by molar-refractivity contribution is -0.0916. The number of hydrogen-bond donors (Lipinski definition) is 1. The molecule has 33 heavy (non-hydrogen) atoms. The van der Waals surface area contributed by atoms with Crippen molar-refractivity contribution in [3.05, 3.63) is 77.4 Å². The molecule has 2 aliphatic carbocycles. The minimum Gasteiger partial charge on any atom is -0.456 e. The van der Waals surface area contributed by atoms with Crippen LogP contribution >= 0.6 is 0 Å². The fourth-order valence-electron chi connectivity index (χ4n) is 4.83. The molecule has 1 atom stereocenters. The maximum absolute atomic E-state index is 10.6. The van der Waals surface area contributed by atoms with Gasteiger partial charge in [-0.05, 0) is 86.7 Å². The van der Waals surface area contributed by atoms with Gasteiger partial charge in [0.2, 0.25) is 0 Å². The molecule has 1 unspecified atom stereocenters. The van der Waals surface area contributed by atoms with E-state index in [2.05, 4.69) is 55.5 Å². The summed E-state index contributed by atoms with van der Waals surface area (Å²) in [5.74, 6) is 0. The zero-order valence-electron chi connectivity index (χ0n) is 20.2. The van der Waals surface area contributed by atoms with Crippen LogP contribution in [-0.2, 0) is 4.65 Å². The Morgan fingerprint density at radius 1 is 1.03 bits per heavy atom. The van der Waals surface area contributed by atoms with Crippen LogP contribution in [0.1, 0.15) is 59.4 Å². The van der Waals surface area contributed by atoms with E-state index in [4.69, 9.17) is 9.07 Å². The van der Waals surface area contributed by atoms with E-state index >= 15 is 0 Å². The van der Waals surface area contributed by atoms with Gasteiger partial charge < -0.3 is 14.2 Å². The van der Waals surface area contributed by atoms with Crippen molar-refractivity contribution in [2.75, 3.05) is 0 Å². The first-order valence-corrected chi connectivity index (χ1v) is 11.9. The van der Waals surface area contributed by atoms with Crippen molar-refractivity contribution in [3.63, 3.8) is 0 Å². The Morgan fingerprint density at radius 2 is 1.79 bits per heavy atom. The highest BCUT2D eigenvalue weighted by molar-refractivity contribution is 6.34. The summed E-state index contributed by atoms with van der Waals surface area (Å²) in [6.07, 6.45) is 9.77. The molecular weight excluding hydrogens is 407 g/mol. The number of allylic oxidation sites excluding steroid dienone is 6. The third-order valence-corrected chi connectivity index (χ3v) is 7.62. The van der Waals surface area contributed by atoms with Gasteiger partial charge in [-0.2, -0.15) is 0 Å². The second-order valence-corrected chi connectivity index (χ2v) is 10.7. The second-order valence-electron chi connectivity index (χ2n) is 10.7. The molecule has 4 heteroatoms. The molecule has 169 valence electrons. The van der Waals surface area contributed by atoms with Gasteiger partial charge in [-0.1, -0.05) is 55.5 Å².